The first-order valence-corrected chi connectivity index (χ1v) is 7.73. The van der Waals surface area contributed by atoms with E-state index in [9.17, 15) is 0 Å². The molecule has 3 heterocycles. The number of aromatic nitrogens is 5. The average Bonchev–Trinajstić information content (AvgIpc) is 2.96. The maximum atomic E-state index is 5.49. The first kappa shape index (κ1) is 12.9. The molecule has 0 aromatic carbocycles. The smallest absolute Gasteiger partial charge is 0.243 e. The Hall–Kier alpha value is -1.76. The van der Waals surface area contributed by atoms with Crippen molar-refractivity contribution in [1.29, 1.82) is 0 Å². The van der Waals surface area contributed by atoms with Crippen LogP contribution in [0.4, 0.5) is 0 Å². The molecule has 4 rings (SSSR count). The van der Waals surface area contributed by atoms with Crippen molar-refractivity contribution in [2.75, 3.05) is 6.54 Å². The second-order valence-corrected chi connectivity index (χ2v) is 6.09. The Morgan fingerprint density at radius 2 is 2.29 bits per heavy atom. The van der Waals surface area contributed by atoms with E-state index < -0.39 is 0 Å². The number of hydrogen-bond donors (Lipinski definition) is 0. The zero-order valence-corrected chi connectivity index (χ0v) is 12.2. The maximum absolute atomic E-state index is 5.49. The van der Waals surface area contributed by atoms with E-state index in [4.69, 9.17) is 4.52 Å². The molecule has 0 N–H and O–H groups in total. The Labute approximate surface area is 123 Å². The lowest BCUT2D eigenvalue weighted by atomic mass is 10.2. The first-order chi connectivity index (χ1) is 10.3. The van der Waals surface area contributed by atoms with Gasteiger partial charge in [0.05, 0.1) is 12.6 Å². The third-order valence-corrected chi connectivity index (χ3v) is 4.54. The van der Waals surface area contributed by atoms with E-state index in [0.29, 0.717) is 12.0 Å². The second kappa shape index (κ2) is 5.22. The molecule has 7 heteroatoms. The monoisotopic (exact) mass is 288 g/mol. The topological polar surface area (TPSA) is 72.9 Å². The van der Waals surface area contributed by atoms with Crippen molar-refractivity contribution in [3.63, 3.8) is 0 Å². The third kappa shape index (κ3) is 2.57. The molecular formula is C14H20N6O. The highest BCUT2D eigenvalue weighted by atomic mass is 16.5. The molecule has 7 nitrogen and oxygen atoms in total. The lowest BCUT2D eigenvalue weighted by Gasteiger charge is -2.28. The molecule has 0 spiro atoms. The van der Waals surface area contributed by atoms with Gasteiger partial charge in [-0.25, -0.2) is 4.98 Å². The summed E-state index contributed by atoms with van der Waals surface area (Å²) in [7, 11) is 0. The van der Waals surface area contributed by atoms with Gasteiger partial charge >= 0.3 is 0 Å². The fourth-order valence-corrected chi connectivity index (χ4v) is 3.17. The average molecular weight is 288 g/mol. The lowest BCUT2D eigenvalue weighted by molar-refractivity contribution is 0.144. The molecule has 2 atom stereocenters. The molecule has 0 radical (unpaired) electrons. The first-order valence-electron chi connectivity index (χ1n) is 7.73. The summed E-state index contributed by atoms with van der Waals surface area (Å²) in [5.74, 6) is 2.19. The van der Waals surface area contributed by atoms with Gasteiger partial charge in [-0.2, -0.15) is 10.1 Å². The molecular weight excluding hydrogens is 268 g/mol. The summed E-state index contributed by atoms with van der Waals surface area (Å²) in [4.78, 5) is 11.1. The SMILES string of the molecule is C[C@@H](c1nc(C2CC2)no1)N1CCC[C@H]1Cn1cncn1. The molecule has 1 aliphatic heterocycles. The Kier molecular flexibility index (Phi) is 3.21. The Balaban J connectivity index is 1.47. The zero-order valence-electron chi connectivity index (χ0n) is 12.2. The highest BCUT2D eigenvalue weighted by Gasteiger charge is 2.34. The normalized spacial score (nSPS) is 24.5. The Morgan fingerprint density at radius 3 is 3.05 bits per heavy atom. The van der Waals surface area contributed by atoms with Crippen molar-refractivity contribution < 1.29 is 4.52 Å². The van der Waals surface area contributed by atoms with Gasteiger partial charge in [0, 0.05) is 12.0 Å². The molecule has 1 saturated carbocycles. The van der Waals surface area contributed by atoms with Crippen LogP contribution in [-0.4, -0.2) is 42.4 Å². The van der Waals surface area contributed by atoms with Crippen LogP contribution in [-0.2, 0) is 6.54 Å². The van der Waals surface area contributed by atoms with Crippen molar-refractivity contribution in [3.8, 4) is 0 Å². The van der Waals surface area contributed by atoms with Crippen molar-refractivity contribution in [1.82, 2.24) is 29.8 Å². The molecule has 2 aromatic rings. The van der Waals surface area contributed by atoms with Crippen LogP contribution in [0, 0.1) is 0 Å². The van der Waals surface area contributed by atoms with Crippen LogP contribution in [0.3, 0.4) is 0 Å². The fourth-order valence-electron chi connectivity index (χ4n) is 3.17. The molecule has 2 fully saturated rings. The largest absolute Gasteiger partial charge is 0.338 e. The molecule has 0 unspecified atom stereocenters. The minimum absolute atomic E-state index is 0.168. The minimum atomic E-state index is 0.168. The second-order valence-electron chi connectivity index (χ2n) is 6.09. The molecule has 1 aliphatic carbocycles. The summed E-state index contributed by atoms with van der Waals surface area (Å²) in [6.45, 7) is 4.10. The third-order valence-electron chi connectivity index (χ3n) is 4.54. The van der Waals surface area contributed by atoms with Gasteiger partial charge in [-0.05, 0) is 39.2 Å². The van der Waals surface area contributed by atoms with E-state index in [0.717, 1.165) is 24.8 Å². The van der Waals surface area contributed by atoms with Crippen molar-refractivity contribution in [3.05, 3.63) is 24.4 Å². The van der Waals surface area contributed by atoms with Crippen LogP contribution < -0.4 is 0 Å². The van der Waals surface area contributed by atoms with Gasteiger partial charge in [0.15, 0.2) is 5.82 Å². The maximum Gasteiger partial charge on any atom is 0.243 e. The zero-order chi connectivity index (χ0) is 14.2. The van der Waals surface area contributed by atoms with E-state index in [1.54, 1.807) is 12.7 Å². The summed E-state index contributed by atoms with van der Waals surface area (Å²) in [6.07, 6.45) is 8.14. The highest BCUT2D eigenvalue weighted by Crippen LogP contribution is 2.39. The van der Waals surface area contributed by atoms with Gasteiger partial charge in [0.25, 0.3) is 0 Å². The van der Waals surface area contributed by atoms with Crippen LogP contribution in [0.25, 0.3) is 0 Å². The van der Waals surface area contributed by atoms with E-state index in [-0.39, 0.29) is 6.04 Å². The van der Waals surface area contributed by atoms with E-state index in [1.807, 2.05) is 4.68 Å². The van der Waals surface area contributed by atoms with Gasteiger partial charge in [0.2, 0.25) is 5.89 Å². The quantitative estimate of drug-likeness (QED) is 0.834. The lowest BCUT2D eigenvalue weighted by Crippen LogP contribution is -2.35. The number of rotatable bonds is 5. The van der Waals surface area contributed by atoms with Crippen LogP contribution in [0.5, 0.6) is 0 Å². The summed E-state index contributed by atoms with van der Waals surface area (Å²) in [5.41, 5.74) is 0. The predicted molar refractivity (Wildman–Crippen MR) is 74.4 cm³/mol. The van der Waals surface area contributed by atoms with E-state index in [2.05, 4.69) is 32.0 Å². The standard InChI is InChI=1S/C14H20N6O/c1-10(14-17-13(18-21-14)11-4-5-11)20-6-2-3-12(20)7-19-9-15-8-16-19/h8-12H,2-7H2,1H3/t10-,12-/m0/s1. The summed E-state index contributed by atoms with van der Waals surface area (Å²) in [5, 5.41) is 8.34. The summed E-state index contributed by atoms with van der Waals surface area (Å²) in [6, 6.07) is 0.624. The molecule has 2 aromatic heterocycles. The van der Waals surface area contributed by atoms with Crippen molar-refractivity contribution >= 4 is 0 Å². The Bertz CT molecular complexity index is 590. The van der Waals surface area contributed by atoms with Gasteiger partial charge in [0.1, 0.15) is 12.7 Å². The fraction of sp³-hybridized carbons (Fsp3) is 0.714. The van der Waals surface area contributed by atoms with Gasteiger partial charge in [-0.15, -0.1) is 0 Å². The summed E-state index contributed by atoms with van der Waals surface area (Å²) >= 11 is 0. The van der Waals surface area contributed by atoms with Gasteiger partial charge < -0.3 is 4.52 Å². The van der Waals surface area contributed by atoms with Crippen molar-refractivity contribution in [2.24, 2.45) is 0 Å². The minimum Gasteiger partial charge on any atom is -0.338 e. The summed E-state index contributed by atoms with van der Waals surface area (Å²) < 4.78 is 7.39. The van der Waals surface area contributed by atoms with Crippen molar-refractivity contribution in [2.45, 2.75) is 57.2 Å². The van der Waals surface area contributed by atoms with Crippen LogP contribution >= 0.6 is 0 Å². The number of nitrogens with zero attached hydrogens (tertiary/aromatic N) is 6. The van der Waals surface area contributed by atoms with Crippen LogP contribution in [0.15, 0.2) is 17.2 Å². The van der Waals surface area contributed by atoms with Crippen LogP contribution in [0.1, 0.15) is 56.3 Å². The molecule has 1 saturated heterocycles. The highest BCUT2D eigenvalue weighted by molar-refractivity contribution is 5.05. The Morgan fingerprint density at radius 1 is 1.38 bits per heavy atom. The van der Waals surface area contributed by atoms with Gasteiger partial charge in [-0.1, -0.05) is 5.16 Å². The van der Waals surface area contributed by atoms with Crippen LogP contribution in [0.2, 0.25) is 0 Å². The molecule has 21 heavy (non-hydrogen) atoms. The molecule has 0 amide bonds. The van der Waals surface area contributed by atoms with E-state index in [1.165, 1.54) is 25.7 Å². The number of hydrogen-bond acceptors (Lipinski definition) is 6. The van der Waals surface area contributed by atoms with Gasteiger partial charge in [-0.3, -0.25) is 9.58 Å². The molecule has 0 bridgehead atoms. The number of likely N-dealkylation sites (tertiary alicyclic amines) is 1. The molecule has 2 aliphatic rings. The molecule has 112 valence electrons. The van der Waals surface area contributed by atoms with E-state index >= 15 is 0 Å². The predicted octanol–water partition coefficient (Wildman–Crippen LogP) is 1.76.